The Hall–Kier alpha value is -4.13. The van der Waals surface area contributed by atoms with E-state index in [-0.39, 0.29) is 5.82 Å². The van der Waals surface area contributed by atoms with Crippen LogP contribution >= 0.6 is 0 Å². The summed E-state index contributed by atoms with van der Waals surface area (Å²) in [6.45, 7) is 2.52. The van der Waals surface area contributed by atoms with Gasteiger partial charge in [0.05, 0.1) is 25.1 Å². The Morgan fingerprint density at radius 3 is 2.39 bits per heavy atom. The van der Waals surface area contributed by atoms with E-state index in [2.05, 4.69) is 15.4 Å². The molecule has 0 unspecified atom stereocenters. The highest BCUT2D eigenvalue weighted by Gasteiger charge is 2.20. The minimum absolute atomic E-state index is 0.0543. The molecule has 7 nitrogen and oxygen atoms in total. The maximum atomic E-state index is 12.9. The van der Waals surface area contributed by atoms with Gasteiger partial charge in [-0.25, -0.2) is 9.67 Å². The molecule has 156 valence electrons. The number of rotatable bonds is 7. The largest absolute Gasteiger partial charge is 0.495 e. The van der Waals surface area contributed by atoms with Crippen LogP contribution in [0.25, 0.3) is 17.1 Å². The van der Waals surface area contributed by atoms with Crippen LogP contribution in [0.3, 0.4) is 0 Å². The van der Waals surface area contributed by atoms with Gasteiger partial charge < -0.3 is 14.8 Å². The van der Waals surface area contributed by atoms with Gasteiger partial charge >= 0.3 is 0 Å². The van der Waals surface area contributed by atoms with Crippen molar-refractivity contribution >= 4 is 11.6 Å². The topological polar surface area (TPSA) is 78.3 Å². The second-order valence-electron chi connectivity index (χ2n) is 6.62. The number of methoxy groups -OCH3 is 1. The summed E-state index contributed by atoms with van der Waals surface area (Å²) in [5.41, 5.74) is 2.17. The van der Waals surface area contributed by atoms with Crippen molar-refractivity contribution in [1.82, 2.24) is 14.8 Å². The van der Waals surface area contributed by atoms with E-state index in [1.165, 1.54) is 0 Å². The zero-order valence-corrected chi connectivity index (χ0v) is 17.3. The minimum atomic E-state index is -0.425. The summed E-state index contributed by atoms with van der Waals surface area (Å²) in [6, 6.07) is 24.3. The fraction of sp³-hybridized carbons (Fsp3) is 0.125. The highest BCUT2D eigenvalue weighted by Crippen LogP contribution is 2.25. The second-order valence-corrected chi connectivity index (χ2v) is 6.62. The number of nitrogens with one attached hydrogen (secondary N) is 1. The first-order valence-corrected chi connectivity index (χ1v) is 9.89. The Morgan fingerprint density at radius 2 is 1.68 bits per heavy atom. The minimum Gasteiger partial charge on any atom is -0.495 e. The van der Waals surface area contributed by atoms with Gasteiger partial charge in [0.2, 0.25) is 5.82 Å². The summed E-state index contributed by atoms with van der Waals surface area (Å²) in [7, 11) is 1.55. The maximum Gasteiger partial charge on any atom is 0.295 e. The Kier molecular flexibility index (Phi) is 5.93. The molecule has 31 heavy (non-hydrogen) atoms. The van der Waals surface area contributed by atoms with Gasteiger partial charge in [0.1, 0.15) is 11.5 Å². The first-order valence-electron chi connectivity index (χ1n) is 9.89. The van der Waals surface area contributed by atoms with Gasteiger partial charge in [0, 0.05) is 5.56 Å². The molecule has 0 bridgehead atoms. The zero-order chi connectivity index (χ0) is 21.6. The summed E-state index contributed by atoms with van der Waals surface area (Å²) in [4.78, 5) is 17.5. The van der Waals surface area contributed by atoms with Crippen LogP contribution in [-0.4, -0.2) is 34.4 Å². The van der Waals surface area contributed by atoms with Crippen molar-refractivity contribution in [3.63, 3.8) is 0 Å². The Morgan fingerprint density at radius 1 is 0.968 bits per heavy atom. The lowest BCUT2D eigenvalue weighted by atomic mass is 10.2. The van der Waals surface area contributed by atoms with Gasteiger partial charge in [-0.15, -0.1) is 5.10 Å². The number of hydrogen-bond donors (Lipinski definition) is 1. The van der Waals surface area contributed by atoms with E-state index in [0.29, 0.717) is 23.9 Å². The Bertz CT molecular complexity index is 1170. The first kappa shape index (κ1) is 20.2. The third-order valence-electron chi connectivity index (χ3n) is 4.59. The lowest BCUT2D eigenvalue weighted by Crippen LogP contribution is -2.15. The molecule has 4 rings (SSSR count). The summed E-state index contributed by atoms with van der Waals surface area (Å²) < 4.78 is 12.5. The van der Waals surface area contributed by atoms with E-state index in [1.54, 1.807) is 23.9 Å². The number of aromatic nitrogens is 3. The molecule has 0 saturated carbocycles. The van der Waals surface area contributed by atoms with Crippen molar-refractivity contribution in [2.45, 2.75) is 6.92 Å². The van der Waals surface area contributed by atoms with Gasteiger partial charge in [0.25, 0.3) is 5.91 Å². The van der Waals surface area contributed by atoms with E-state index < -0.39 is 5.91 Å². The highest BCUT2D eigenvalue weighted by atomic mass is 16.5. The third-order valence-corrected chi connectivity index (χ3v) is 4.59. The molecule has 0 aliphatic rings. The predicted octanol–water partition coefficient (Wildman–Crippen LogP) is 4.59. The lowest BCUT2D eigenvalue weighted by molar-refractivity contribution is 0.101. The average Bonchev–Trinajstić information content (AvgIpc) is 3.26. The van der Waals surface area contributed by atoms with E-state index >= 15 is 0 Å². The van der Waals surface area contributed by atoms with E-state index in [9.17, 15) is 4.79 Å². The fourth-order valence-electron chi connectivity index (χ4n) is 3.14. The summed E-state index contributed by atoms with van der Waals surface area (Å²) >= 11 is 0. The zero-order valence-electron chi connectivity index (χ0n) is 17.3. The first-order chi connectivity index (χ1) is 15.2. The van der Waals surface area contributed by atoms with Gasteiger partial charge in [-0.3, -0.25) is 4.79 Å². The van der Waals surface area contributed by atoms with Crippen LogP contribution in [0.15, 0.2) is 78.9 Å². The fourth-order valence-corrected chi connectivity index (χ4v) is 3.14. The SMILES string of the molecule is CCOc1ccc(-n2nc(C(=O)Nc3ccccc3OC)nc2-c2ccccc2)cc1. The summed E-state index contributed by atoms with van der Waals surface area (Å²) in [6.07, 6.45) is 0. The van der Waals surface area contributed by atoms with E-state index in [0.717, 1.165) is 17.0 Å². The number of carbonyl (C=O) groups is 1. The molecule has 1 aromatic heterocycles. The Labute approximate surface area is 180 Å². The van der Waals surface area contributed by atoms with Gasteiger partial charge in [-0.1, -0.05) is 42.5 Å². The van der Waals surface area contributed by atoms with Gasteiger partial charge in [0.15, 0.2) is 5.82 Å². The molecule has 1 N–H and O–H groups in total. The smallest absolute Gasteiger partial charge is 0.295 e. The van der Waals surface area contributed by atoms with Crippen molar-refractivity contribution in [3.05, 3.63) is 84.7 Å². The normalized spacial score (nSPS) is 10.5. The van der Waals surface area contributed by atoms with E-state index in [1.807, 2.05) is 73.7 Å². The van der Waals surface area contributed by atoms with Crippen LogP contribution in [0.5, 0.6) is 11.5 Å². The molecule has 0 atom stereocenters. The molecule has 0 aliphatic heterocycles. The van der Waals surface area contributed by atoms with Crippen LogP contribution in [0.1, 0.15) is 17.5 Å². The maximum absolute atomic E-state index is 12.9. The molecular weight excluding hydrogens is 392 g/mol. The number of ether oxygens (including phenoxy) is 2. The van der Waals surface area contributed by atoms with Crippen molar-refractivity contribution in [2.24, 2.45) is 0 Å². The molecule has 0 spiro atoms. The van der Waals surface area contributed by atoms with Crippen molar-refractivity contribution in [2.75, 3.05) is 19.0 Å². The molecule has 7 heteroatoms. The quantitative estimate of drug-likeness (QED) is 0.478. The number of hydrogen-bond acceptors (Lipinski definition) is 5. The van der Waals surface area contributed by atoms with Crippen LogP contribution in [0.4, 0.5) is 5.69 Å². The van der Waals surface area contributed by atoms with Crippen LogP contribution in [-0.2, 0) is 0 Å². The van der Waals surface area contributed by atoms with Crippen LogP contribution in [0.2, 0.25) is 0 Å². The monoisotopic (exact) mass is 414 g/mol. The number of nitrogens with zero attached hydrogens (tertiary/aromatic N) is 3. The van der Waals surface area contributed by atoms with Crippen LogP contribution in [0, 0.1) is 0 Å². The van der Waals surface area contributed by atoms with Crippen LogP contribution < -0.4 is 14.8 Å². The lowest BCUT2D eigenvalue weighted by Gasteiger charge is -2.08. The standard InChI is InChI=1S/C24H22N4O3/c1-3-31-19-15-13-18(14-16-19)28-23(17-9-5-4-6-10-17)26-22(27-28)24(29)25-20-11-7-8-12-21(20)30-2/h4-16H,3H2,1-2H3,(H,25,29). The third kappa shape index (κ3) is 4.40. The number of anilines is 1. The molecule has 3 aromatic carbocycles. The molecule has 0 aliphatic carbocycles. The molecule has 4 aromatic rings. The number of amides is 1. The molecule has 0 radical (unpaired) electrons. The number of carbonyl (C=O) groups excluding carboxylic acids is 1. The second kappa shape index (κ2) is 9.13. The molecule has 0 fully saturated rings. The average molecular weight is 414 g/mol. The van der Waals surface area contributed by atoms with Crippen molar-refractivity contribution < 1.29 is 14.3 Å². The number of benzene rings is 3. The summed E-state index contributed by atoms with van der Waals surface area (Å²) in [5.74, 6) is 1.52. The van der Waals surface area contributed by atoms with E-state index in [4.69, 9.17) is 9.47 Å². The summed E-state index contributed by atoms with van der Waals surface area (Å²) in [5, 5.41) is 7.32. The molecular formula is C24H22N4O3. The predicted molar refractivity (Wildman–Crippen MR) is 119 cm³/mol. The van der Waals surface area contributed by atoms with Crippen molar-refractivity contribution in [1.29, 1.82) is 0 Å². The Balaban J connectivity index is 1.72. The van der Waals surface area contributed by atoms with Gasteiger partial charge in [-0.2, -0.15) is 0 Å². The number of para-hydroxylation sites is 2. The highest BCUT2D eigenvalue weighted by molar-refractivity contribution is 6.02. The molecule has 1 heterocycles. The van der Waals surface area contributed by atoms with Gasteiger partial charge in [-0.05, 0) is 43.3 Å². The molecule has 0 saturated heterocycles. The molecule has 1 amide bonds. The van der Waals surface area contributed by atoms with Crippen molar-refractivity contribution in [3.8, 4) is 28.6 Å².